The van der Waals surface area contributed by atoms with E-state index in [9.17, 15) is 14.4 Å². The molecule has 1 unspecified atom stereocenters. The molecule has 0 bridgehead atoms. The highest BCUT2D eigenvalue weighted by molar-refractivity contribution is 8.00. The summed E-state index contributed by atoms with van der Waals surface area (Å²) < 4.78 is 5.34. The Hall–Kier alpha value is -5.68. The van der Waals surface area contributed by atoms with Gasteiger partial charge >= 0.3 is 0 Å². The molecule has 1 aromatic heterocycles. The van der Waals surface area contributed by atoms with Gasteiger partial charge in [0.15, 0.2) is 5.13 Å². The summed E-state index contributed by atoms with van der Waals surface area (Å²) in [4.78, 5) is 45.9. The van der Waals surface area contributed by atoms with Gasteiger partial charge in [-0.3, -0.25) is 14.4 Å². The average molecular weight is 731 g/mol. The standard InChI is InChI=1S/C40H31ClN4O4S2/c1-49-32-16-8-14-29(23-32)35-25-50-40(44-35)45-39(48)36(27-10-4-2-5-11-27)51-33-17-9-15-31(24-33)42-38(47)34(22-26-18-20-30(41)21-19-26)43-37(46)28-12-6-3-7-13-28/h2-25,36H,1H3,(H,42,47)(H,43,46)(H,44,45,48)/b34-22-. The number of benzene rings is 5. The van der Waals surface area contributed by atoms with Crippen molar-refractivity contribution in [2.75, 3.05) is 17.7 Å². The second-order valence-electron chi connectivity index (χ2n) is 11.1. The van der Waals surface area contributed by atoms with Crippen LogP contribution in [0.1, 0.15) is 26.7 Å². The topological polar surface area (TPSA) is 109 Å². The van der Waals surface area contributed by atoms with Gasteiger partial charge in [0.2, 0.25) is 5.91 Å². The van der Waals surface area contributed by atoms with Crippen molar-refractivity contribution in [1.82, 2.24) is 10.3 Å². The Bertz CT molecular complexity index is 2170. The third-order valence-corrected chi connectivity index (χ3v) is 9.75. The molecule has 8 nitrogen and oxygen atoms in total. The van der Waals surface area contributed by atoms with Crippen molar-refractivity contribution in [3.63, 3.8) is 0 Å². The second kappa shape index (κ2) is 16.8. The van der Waals surface area contributed by atoms with Gasteiger partial charge in [0.05, 0.1) is 12.8 Å². The number of hydrogen-bond acceptors (Lipinski definition) is 7. The molecule has 0 aliphatic heterocycles. The van der Waals surface area contributed by atoms with E-state index in [1.165, 1.54) is 23.1 Å². The third-order valence-electron chi connectivity index (χ3n) is 7.50. The van der Waals surface area contributed by atoms with Crippen molar-refractivity contribution in [3.8, 4) is 17.0 Å². The number of anilines is 2. The maximum absolute atomic E-state index is 13.8. The van der Waals surface area contributed by atoms with Gasteiger partial charge in [-0.25, -0.2) is 4.98 Å². The number of methoxy groups -OCH3 is 1. The average Bonchev–Trinajstić information content (AvgIpc) is 3.63. The zero-order valence-electron chi connectivity index (χ0n) is 27.2. The Morgan fingerprint density at radius 2 is 1.55 bits per heavy atom. The molecule has 0 radical (unpaired) electrons. The van der Waals surface area contributed by atoms with E-state index in [4.69, 9.17) is 16.3 Å². The van der Waals surface area contributed by atoms with Crippen LogP contribution in [0, 0.1) is 0 Å². The van der Waals surface area contributed by atoms with Crippen LogP contribution in [0.25, 0.3) is 17.3 Å². The smallest absolute Gasteiger partial charge is 0.272 e. The minimum absolute atomic E-state index is 0.0440. The number of halogens is 1. The molecule has 0 saturated heterocycles. The number of nitrogens with zero attached hydrogens (tertiary/aromatic N) is 1. The monoisotopic (exact) mass is 730 g/mol. The van der Waals surface area contributed by atoms with Gasteiger partial charge in [-0.15, -0.1) is 23.1 Å². The number of nitrogens with one attached hydrogen (secondary N) is 3. The van der Waals surface area contributed by atoms with Gasteiger partial charge in [0.1, 0.15) is 16.7 Å². The third kappa shape index (κ3) is 9.52. The number of amides is 3. The number of carbonyl (C=O) groups is 3. The van der Waals surface area contributed by atoms with Crippen LogP contribution in [0.5, 0.6) is 5.75 Å². The van der Waals surface area contributed by atoms with E-state index in [1.54, 1.807) is 79.9 Å². The summed E-state index contributed by atoms with van der Waals surface area (Å²) in [6, 6.07) is 39.8. The molecule has 0 saturated carbocycles. The molecule has 0 aliphatic carbocycles. The number of hydrogen-bond donors (Lipinski definition) is 3. The van der Waals surface area contributed by atoms with Gasteiger partial charge < -0.3 is 20.7 Å². The largest absolute Gasteiger partial charge is 0.497 e. The SMILES string of the molecule is COc1cccc(-c2csc(NC(=O)C(Sc3cccc(NC(=O)/C(=C/c4ccc(Cl)cc4)NC(=O)c4ccccc4)c3)c3ccccc3)n2)c1. The van der Waals surface area contributed by atoms with Gasteiger partial charge in [-0.2, -0.15) is 0 Å². The van der Waals surface area contributed by atoms with E-state index in [2.05, 4.69) is 20.9 Å². The van der Waals surface area contributed by atoms with Crippen LogP contribution >= 0.6 is 34.7 Å². The van der Waals surface area contributed by atoms with Crippen LogP contribution in [0.3, 0.4) is 0 Å². The predicted molar refractivity (Wildman–Crippen MR) is 206 cm³/mol. The molecule has 3 N–H and O–H groups in total. The van der Waals surface area contributed by atoms with Crippen LogP contribution in [0.2, 0.25) is 5.02 Å². The molecule has 254 valence electrons. The van der Waals surface area contributed by atoms with Crippen molar-refractivity contribution in [3.05, 3.63) is 166 Å². The molecule has 11 heteroatoms. The Morgan fingerprint density at radius 3 is 2.29 bits per heavy atom. The number of thiazole rings is 1. The summed E-state index contributed by atoms with van der Waals surface area (Å²) in [6.07, 6.45) is 1.58. The molecule has 3 amide bonds. The minimum Gasteiger partial charge on any atom is -0.497 e. The minimum atomic E-state index is -0.633. The summed E-state index contributed by atoms with van der Waals surface area (Å²) >= 11 is 8.74. The van der Waals surface area contributed by atoms with E-state index in [0.717, 1.165) is 27.5 Å². The zero-order valence-corrected chi connectivity index (χ0v) is 29.6. The first-order valence-electron chi connectivity index (χ1n) is 15.7. The van der Waals surface area contributed by atoms with Crippen molar-refractivity contribution < 1.29 is 19.1 Å². The molecule has 0 fully saturated rings. The van der Waals surface area contributed by atoms with Gasteiger partial charge in [-0.05, 0) is 71.8 Å². The molecule has 0 spiro atoms. The fourth-order valence-corrected chi connectivity index (χ4v) is 6.90. The van der Waals surface area contributed by atoms with Gasteiger partial charge in [0, 0.05) is 32.1 Å². The van der Waals surface area contributed by atoms with E-state index in [0.29, 0.717) is 27.0 Å². The van der Waals surface area contributed by atoms with E-state index in [-0.39, 0.29) is 11.6 Å². The lowest BCUT2D eigenvalue weighted by Crippen LogP contribution is -2.30. The van der Waals surface area contributed by atoms with Crippen molar-refractivity contribution >= 4 is 69.3 Å². The predicted octanol–water partition coefficient (Wildman–Crippen LogP) is 9.35. The molecule has 6 aromatic rings. The van der Waals surface area contributed by atoms with Crippen LogP contribution in [-0.2, 0) is 9.59 Å². The summed E-state index contributed by atoms with van der Waals surface area (Å²) in [5.74, 6) is -0.480. The Kier molecular flexibility index (Phi) is 11.6. The molecular formula is C40H31ClN4O4S2. The number of ether oxygens (including phenoxy) is 1. The van der Waals surface area contributed by atoms with Crippen LogP contribution < -0.4 is 20.7 Å². The second-order valence-corrected chi connectivity index (χ2v) is 13.6. The molecule has 51 heavy (non-hydrogen) atoms. The number of aromatic nitrogens is 1. The summed E-state index contributed by atoms with van der Waals surface area (Å²) in [6.45, 7) is 0. The quantitative estimate of drug-likeness (QED) is 0.0856. The first-order valence-corrected chi connectivity index (χ1v) is 17.9. The normalized spacial score (nSPS) is 11.7. The summed E-state index contributed by atoms with van der Waals surface area (Å²) in [5.41, 5.74) is 4.02. The lowest BCUT2D eigenvalue weighted by atomic mass is 10.1. The summed E-state index contributed by atoms with van der Waals surface area (Å²) in [5, 5.41) is 10.9. The Balaban J connectivity index is 1.20. The highest BCUT2D eigenvalue weighted by Crippen LogP contribution is 2.38. The Morgan fingerprint density at radius 1 is 0.824 bits per heavy atom. The van der Waals surface area contributed by atoms with E-state index in [1.807, 2.05) is 72.1 Å². The highest BCUT2D eigenvalue weighted by Gasteiger charge is 2.24. The maximum atomic E-state index is 13.8. The molecule has 1 atom stereocenters. The maximum Gasteiger partial charge on any atom is 0.272 e. The van der Waals surface area contributed by atoms with Gasteiger partial charge in [0.25, 0.3) is 11.8 Å². The Labute approximate surface area is 308 Å². The van der Waals surface area contributed by atoms with Crippen LogP contribution in [0.4, 0.5) is 10.8 Å². The van der Waals surface area contributed by atoms with Crippen molar-refractivity contribution in [2.45, 2.75) is 10.1 Å². The fraction of sp³-hybridized carbons (Fsp3) is 0.0500. The molecular weight excluding hydrogens is 700 g/mol. The number of thioether (sulfide) groups is 1. The first-order chi connectivity index (χ1) is 24.8. The molecule has 0 aliphatic rings. The van der Waals surface area contributed by atoms with Crippen molar-refractivity contribution in [1.29, 1.82) is 0 Å². The van der Waals surface area contributed by atoms with E-state index < -0.39 is 17.1 Å². The molecule has 5 aromatic carbocycles. The first kappa shape index (κ1) is 35.2. The van der Waals surface area contributed by atoms with Gasteiger partial charge in [-0.1, -0.05) is 90.5 Å². The van der Waals surface area contributed by atoms with Crippen LogP contribution in [0.15, 0.2) is 149 Å². The number of rotatable bonds is 12. The summed E-state index contributed by atoms with van der Waals surface area (Å²) in [7, 11) is 1.61. The lowest BCUT2D eigenvalue weighted by Gasteiger charge is -2.17. The molecule has 6 rings (SSSR count). The molecule has 1 heterocycles. The lowest BCUT2D eigenvalue weighted by molar-refractivity contribution is -0.116. The highest BCUT2D eigenvalue weighted by atomic mass is 35.5. The van der Waals surface area contributed by atoms with Crippen LogP contribution in [-0.4, -0.2) is 29.8 Å². The van der Waals surface area contributed by atoms with Crippen molar-refractivity contribution in [2.24, 2.45) is 0 Å². The zero-order chi connectivity index (χ0) is 35.6. The fourth-order valence-electron chi connectivity index (χ4n) is 4.97. The number of carbonyl (C=O) groups excluding carboxylic acids is 3. The van der Waals surface area contributed by atoms with E-state index >= 15 is 0 Å².